The Kier molecular flexibility index (Phi) is 4.34. The van der Waals surface area contributed by atoms with Crippen LogP contribution in [-0.2, 0) is 0 Å². The fourth-order valence-electron chi connectivity index (χ4n) is 2.53. The predicted octanol–water partition coefficient (Wildman–Crippen LogP) is 5.70. The van der Waals surface area contributed by atoms with Crippen molar-refractivity contribution in [2.45, 2.75) is 0 Å². The molecule has 1 aromatic heterocycles. The van der Waals surface area contributed by atoms with E-state index in [1.165, 1.54) is 10.8 Å². The minimum atomic E-state index is 1.03. The van der Waals surface area contributed by atoms with Crippen LogP contribution in [-0.4, -0.2) is 0 Å². The molecule has 0 aliphatic heterocycles. The molecule has 25 heavy (non-hydrogen) atoms. The van der Waals surface area contributed by atoms with Crippen molar-refractivity contribution in [3.63, 3.8) is 0 Å². The van der Waals surface area contributed by atoms with Crippen molar-refractivity contribution in [2.24, 2.45) is 0 Å². The molecule has 0 saturated carbocycles. The van der Waals surface area contributed by atoms with E-state index in [0.29, 0.717) is 0 Å². The molecule has 116 valence electrons. The van der Waals surface area contributed by atoms with Crippen LogP contribution in [0.5, 0.6) is 0 Å². The van der Waals surface area contributed by atoms with Crippen molar-refractivity contribution >= 4 is 22.1 Å². The highest BCUT2D eigenvalue weighted by Gasteiger charge is 1.96. The molecule has 0 nitrogen and oxygen atoms in total. The normalized spacial score (nSPS) is 9.76. The molecule has 0 fully saturated rings. The molecule has 0 N–H and O–H groups in total. The van der Waals surface area contributed by atoms with E-state index in [9.17, 15) is 0 Å². The Morgan fingerprint density at radius 1 is 0.480 bits per heavy atom. The summed E-state index contributed by atoms with van der Waals surface area (Å²) in [5, 5.41) is 2.46. The lowest BCUT2D eigenvalue weighted by Crippen LogP contribution is -1.76. The SMILES string of the molecule is C(#Cc1ccc(C#Cc2ccc3ccccc3c2)s1)c1ccccc1. The fourth-order valence-corrected chi connectivity index (χ4v) is 3.24. The van der Waals surface area contributed by atoms with Crippen LogP contribution in [0.25, 0.3) is 10.8 Å². The second kappa shape index (κ2) is 7.10. The molecule has 4 aromatic rings. The zero-order chi connectivity index (χ0) is 16.9. The third kappa shape index (κ3) is 3.81. The number of fused-ring (bicyclic) bond motifs is 1. The Morgan fingerprint density at radius 3 is 1.88 bits per heavy atom. The van der Waals surface area contributed by atoms with Crippen molar-refractivity contribution in [1.29, 1.82) is 0 Å². The standard InChI is InChI=1S/C24H14S/c1-2-6-19(7-3-1)11-14-23-16-17-24(25-23)15-12-20-10-13-21-8-4-5-9-22(21)18-20/h1-10,13,16-18H. The van der Waals surface area contributed by atoms with Gasteiger partial charge in [-0.2, -0.15) is 0 Å². The number of hydrogen-bond donors (Lipinski definition) is 0. The second-order valence-electron chi connectivity index (χ2n) is 5.59. The lowest BCUT2D eigenvalue weighted by molar-refractivity contribution is 1.65. The minimum absolute atomic E-state index is 1.03. The molecule has 0 bridgehead atoms. The summed E-state index contributed by atoms with van der Waals surface area (Å²) in [4.78, 5) is 2.07. The molecule has 0 spiro atoms. The number of rotatable bonds is 0. The van der Waals surface area contributed by atoms with Crippen molar-refractivity contribution in [3.05, 3.63) is 106 Å². The summed E-state index contributed by atoms with van der Waals surface area (Å²) in [5.74, 6) is 12.9. The quantitative estimate of drug-likeness (QED) is 0.362. The molecular weight excluding hydrogens is 320 g/mol. The van der Waals surface area contributed by atoms with Crippen LogP contribution < -0.4 is 0 Å². The van der Waals surface area contributed by atoms with E-state index in [4.69, 9.17) is 0 Å². The van der Waals surface area contributed by atoms with Gasteiger partial charge in [0, 0.05) is 11.1 Å². The molecular formula is C24H14S. The highest BCUT2D eigenvalue weighted by Crippen LogP contribution is 2.17. The van der Waals surface area contributed by atoms with Crippen molar-refractivity contribution in [1.82, 2.24) is 0 Å². The second-order valence-corrected chi connectivity index (χ2v) is 6.68. The van der Waals surface area contributed by atoms with E-state index >= 15 is 0 Å². The molecule has 0 amide bonds. The van der Waals surface area contributed by atoms with Crippen LogP contribution in [0.4, 0.5) is 0 Å². The van der Waals surface area contributed by atoms with Gasteiger partial charge in [0.1, 0.15) is 0 Å². The maximum absolute atomic E-state index is 3.25. The summed E-state index contributed by atoms with van der Waals surface area (Å²) >= 11 is 1.63. The predicted molar refractivity (Wildman–Crippen MR) is 107 cm³/mol. The zero-order valence-electron chi connectivity index (χ0n) is 13.5. The van der Waals surface area contributed by atoms with E-state index < -0.39 is 0 Å². The highest BCUT2D eigenvalue weighted by molar-refractivity contribution is 7.13. The number of benzene rings is 3. The van der Waals surface area contributed by atoms with Gasteiger partial charge in [0.2, 0.25) is 0 Å². The smallest absolute Gasteiger partial charge is 0.0785 e. The fraction of sp³-hybridized carbons (Fsp3) is 0. The summed E-state index contributed by atoms with van der Waals surface area (Å²) in [7, 11) is 0. The largest absolute Gasteiger partial charge is 0.118 e. The molecule has 0 radical (unpaired) electrons. The topological polar surface area (TPSA) is 0 Å². The number of thiophene rings is 1. The lowest BCUT2D eigenvalue weighted by atomic mass is 10.1. The first kappa shape index (κ1) is 15.3. The van der Waals surface area contributed by atoms with Crippen molar-refractivity contribution < 1.29 is 0 Å². The van der Waals surface area contributed by atoms with Gasteiger partial charge < -0.3 is 0 Å². The van der Waals surface area contributed by atoms with Gasteiger partial charge in [-0.3, -0.25) is 0 Å². The summed E-state index contributed by atoms with van der Waals surface area (Å²) in [5.41, 5.74) is 2.06. The van der Waals surface area contributed by atoms with Crippen LogP contribution in [0.1, 0.15) is 20.9 Å². The molecule has 0 atom stereocenters. The summed E-state index contributed by atoms with van der Waals surface area (Å²) in [6, 6.07) is 28.7. The third-order valence-corrected chi connectivity index (χ3v) is 4.71. The highest BCUT2D eigenvalue weighted by atomic mass is 32.1. The Hall–Kier alpha value is -3.26. The van der Waals surface area contributed by atoms with Gasteiger partial charge in [0.15, 0.2) is 0 Å². The van der Waals surface area contributed by atoms with E-state index in [1.807, 2.05) is 42.5 Å². The van der Waals surface area contributed by atoms with Gasteiger partial charge in [-0.25, -0.2) is 0 Å². The van der Waals surface area contributed by atoms with Crippen molar-refractivity contribution in [2.75, 3.05) is 0 Å². The first-order chi connectivity index (χ1) is 12.4. The Labute approximate surface area is 151 Å². The first-order valence-electron chi connectivity index (χ1n) is 8.04. The van der Waals surface area contributed by atoms with Gasteiger partial charge in [-0.15, -0.1) is 11.3 Å². The Balaban J connectivity index is 1.55. The van der Waals surface area contributed by atoms with Crippen LogP contribution in [0.3, 0.4) is 0 Å². The summed E-state index contributed by atoms with van der Waals surface area (Å²) < 4.78 is 0. The third-order valence-electron chi connectivity index (χ3n) is 3.79. The van der Waals surface area contributed by atoms with E-state index in [0.717, 1.165) is 20.9 Å². The first-order valence-corrected chi connectivity index (χ1v) is 8.86. The maximum atomic E-state index is 3.25. The Bertz CT molecular complexity index is 1140. The summed E-state index contributed by atoms with van der Waals surface area (Å²) in [6.07, 6.45) is 0. The molecule has 3 aromatic carbocycles. The van der Waals surface area contributed by atoms with E-state index in [1.54, 1.807) is 11.3 Å². The molecule has 1 heteroatoms. The van der Waals surface area contributed by atoms with Gasteiger partial charge in [0.05, 0.1) is 9.75 Å². The molecule has 4 rings (SSSR count). The zero-order valence-corrected chi connectivity index (χ0v) is 14.3. The maximum Gasteiger partial charge on any atom is 0.0785 e. The molecule has 1 heterocycles. The lowest BCUT2D eigenvalue weighted by Gasteiger charge is -1.96. The monoisotopic (exact) mass is 334 g/mol. The van der Waals surface area contributed by atoms with Gasteiger partial charge in [-0.05, 0) is 47.2 Å². The average molecular weight is 334 g/mol. The van der Waals surface area contributed by atoms with Gasteiger partial charge in [-0.1, -0.05) is 72.2 Å². The van der Waals surface area contributed by atoms with Crippen LogP contribution in [0, 0.1) is 23.7 Å². The molecule has 0 saturated heterocycles. The molecule has 0 aliphatic rings. The van der Waals surface area contributed by atoms with Gasteiger partial charge >= 0.3 is 0 Å². The van der Waals surface area contributed by atoms with Gasteiger partial charge in [0.25, 0.3) is 0 Å². The van der Waals surface area contributed by atoms with Crippen LogP contribution in [0.2, 0.25) is 0 Å². The molecule has 0 unspecified atom stereocenters. The van der Waals surface area contributed by atoms with Crippen molar-refractivity contribution in [3.8, 4) is 23.7 Å². The average Bonchev–Trinajstić information content (AvgIpc) is 3.13. The van der Waals surface area contributed by atoms with Crippen LogP contribution >= 0.6 is 11.3 Å². The van der Waals surface area contributed by atoms with E-state index in [2.05, 4.69) is 66.1 Å². The molecule has 0 aliphatic carbocycles. The van der Waals surface area contributed by atoms with Crippen LogP contribution in [0.15, 0.2) is 84.9 Å². The Morgan fingerprint density at radius 2 is 1.12 bits per heavy atom. The number of hydrogen-bond acceptors (Lipinski definition) is 1. The van der Waals surface area contributed by atoms with E-state index in [-0.39, 0.29) is 0 Å². The summed E-state index contributed by atoms with van der Waals surface area (Å²) in [6.45, 7) is 0. The minimum Gasteiger partial charge on any atom is -0.118 e.